The lowest BCUT2D eigenvalue weighted by Crippen LogP contribution is -2.25. The summed E-state index contributed by atoms with van der Waals surface area (Å²) < 4.78 is 5.34. The van der Waals surface area contributed by atoms with Gasteiger partial charge in [0.2, 0.25) is 0 Å². The molecular weight excluding hydrogens is 216 g/mol. The predicted octanol–water partition coefficient (Wildman–Crippen LogP) is 1.73. The molecular formula is C13H16N2O2. The first-order valence-electron chi connectivity index (χ1n) is 5.65. The van der Waals surface area contributed by atoms with E-state index in [2.05, 4.69) is 11.9 Å². The van der Waals surface area contributed by atoms with Crippen LogP contribution in [0.15, 0.2) is 30.9 Å². The molecule has 1 aromatic carbocycles. The van der Waals surface area contributed by atoms with Crippen LogP contribution in [0, 0.1) is 0 Å². The second-order valence-corrected chi connectivity index (χ2v) is 4.10. The Balaban J connectivity index is 2.06. The van der Waals surface area contributed by atoms with Gasteiger partial charge in [0.05, 0.1) is 5.69 Å². The van der Waals surface area contributed by atoms with E-state index >= 15 is 0 Å². The quantitative estimate of drug-likeness (QED) is 0.600. The fourth-order valence-corrected chi connectivity index (χ4v) is 1.47. The predicted molar refractivity (Wildman–Crippen MR) is 67.0 cm³/mol. The van der Waals surface area contributed by atoms with E-state index in [-0.39, 0.29) is 5.91 Å². The van der Waals surface area contributed by atoms with Crippen molar-refractivity contribution < 1.29 is 9.53 Å². The SMILES string of the molecule is C=CCOc1ccc(C(=O)NC2CC2)cc1N. The highest BCUT2D eigenvalue weighted by Crippen LogP contribution is 2.24. The molecule has 1 saturated carbocycles. The number of nitrogens with two attached hydrogens (primary N) is 1. The number of hydrogen-bond acceptors (Lipinski definition) is 3. The van der Waals surface area contributed by atoms with Gasteiger partial charge < -0.3 is 15.8 Å². The van der Waals surface area contributed by atoms with Gasteiger partial charge in [0.15, 0.2) is 0 Å². The van der Waals surface area contributed by atoms with Crippen LogP contribution < -0.4 is 15.8 Å². The van der Waals surface area contributed by atoms with Crippen LogP contribution >= 0.6 is 0 Å². The van der Waals surface area contributed by atoms with E-state index in [0.29, 0.717) is 29.6 Å². The third-order valence-corrected chi connectivity index (χ3v) is 2.54. The van der Waals surface area contributed by atoms with Crippen LogP contribution in [0.1, 0.15) is 23.2 Å². The highest BCUT2D eigenvalue weighted by Gasteiger charge is 2.23. The molecule has 4 nitrogen and oxygen atoms in total. The lowest BCUT2D eigenvalue weighted by Gasteiger charge is -2.09. The molecule has 2 rings (SSSR count). The van der Waals surface area contributed by atoms with Crippen molar-refractivity contribution >= 4 is 11.6 Å². The first kappa shape index (κ1) is 11.5. The van der Waals surface area contributed by atoms with Crippen LogP contribution in [0.25, 0.3) is 0 Å². The molecule has 0 atom stereocenters. The Morgan fingerprint density at radius 3 is 2.94 bits per heavy atom. The number of nitrogens with one attached hydrogen (secondary N) is 1. The molecule has 1 amide bonds. The summed E-state index contributed by atoms with van der Waals surface area (Å²) in [6, 6.07) is 5.41. The van der Waals surface area contributed by atoms with Gasteiger partial charge in [-0.15, -0.1) is 0 Å². The second-order valence-electron chi connectivity index (χ2n) is 4.10. The topological polar surface area (TPSA) is 64.3 Å². The van der Waals surface area contributed by atoms with Crippen molar-refractivity contribution in [3.63, 3.8) is 0 Å². The van der Waals surface area contributed by atoms with Crippen molar-refractivity contribution in [1.82, 2.24) is 5.32 Å². The summed E-state index contributed by atoms with van der Waals surface area (Å²) >= 11 is 0. The number of anilines is 1. The molecule has 0 unspecified atom stereocenters. The Labute approximate surface area is 100 Å². The first-order valence-corrected chi connectivity index (χ1v) is 5.65. The molecule has 4 heteroatoms. The normalized spacial score (nSPS) is 14.1. The fraction of sp³-hybridized carbons (Fsp3) is 0.308. The van der Waals surface area contributed by atoms with Crippen LogP contribution in [0.2, 0.25) is 0 Å². The number of rotatable bonds is 5. The van der Waals surface area contributed by atoms with E-state index in [0.717, 1.165) is 12.8 Å². The van der Waals surface area contributed by atoms with E-state index in [1.165, 1.54) is 0 Å². The van der Waals surface area contributed by atoms with Crippen molar-refractivity contribution in [2.24, 2.45) is 0 Å². The number of hydrogen-bond donors (Lipinski definition) is 2. The van der Waals surface area contributed by atoms with Crippen molar-refractivity contribution in [3.8, 4) is 5.75 Å². The van der Waals surface area contributed by atoms with Gasteiger partial charge in [-0.25, -0.2) is 0 Å². The number of carbonyl (C=O) groups is 1. The van der Waals surface area contributed by atoms with Crippen LogP contribution in [-0.2, 0) is 0 Å². The first-order chi connectivity index (χ1) is 8.20. The monoisotopic (exact) mass is 232 g/mol. The van der Waals surface area contributed by atoms with Gasteiger partial charge in [0.25, 0.3) is 5.91 Å². The summed E-state index contributed by atoms with van der Waals surface area (Å²) in [5.74, 6) is 0.502. The molecule has 3 N–H and O–H groups in total. The van der Waals surface area contributed by atoms with Gasteiger partial charge in [0, 0.05) is 11.6 Å². The van der Waals surface area contributed by atoms with E-state index in [1.54, 1.807) is 24.3 Å². The summed E-state index contributed by atoms with van der Waals surface area (Å²) in [6.07, 6.45) is 3.79. The number of ether oxygens (including phenoxy) is 1. The van der Waals surface area contributed by atoms with E-state index in [9.17, 15) is 4.79 Å². The lowest BCUT2D eigenvalue weighted by molar-refractivity contribution is 0.0951. The maximum absolute atomic E-state index is 11.7. The van der Waals surface area contributed by atoms with Gasteiger partial charge >= 0.3 is 0 Å². The van der Waals surface area contributed by atoms with Crippen LogP contribution in [0.5, 0.6) is 5.75 Å². The Hall–Kier alpha value is -1.97. The van der Waals surface area contributed by atoms with Crippen LogP contribution in [0.3, 0.4) is 0 Å². The summed E-state index contributed by atoms with van der Waals surface area (Å²) in [4.78, 5) is 11.7. The Morgan fingerprint density at radius 1 is 1.59 bits per heavy atom. The number of benzene rings is 1. The second kappa shape index (κ2) is 4.91. The number of amides is 1. The molecule has 0 bridgehead atoms. The summed E-state index contributed by atoms with van der Waals surface area (Å²) in [5, 5.41) is 2.91. The summed E-state index contributed by atoms with van der Waals surface area (Å²) in [5.41, 5.74) is 6.84. The zero-order valence-electron chi connectivity index (χ0n) is 9.61. The number of carbonyl (C=O) groups excluding carboxylic acids is 1. The van der Waals surface area contributed by atoms with Crippen LogP contribution in [-0.4, -0.2) is 18.6 Å². The number of nitrogen functional groups attached to an aromatic ring is 1. The van der Waals surface area contributed by atoms with Crippen molar-refractivity contribution in [2.75, 3.05) is 12.3 Å². The third kappa shape index (κ3) is 3.00. The molecule has 0 spiro atoms. The Kier molecular flexibility index (Phi) is 3.32. The molecule has 90 valence electrons. The Morgan fingerprint density at radius 2 is 2.35 bits per heavy atom. The molecule has 1 fully saturated rings. The van der Waals surface area contributed by atoms with Crippen molar-refractivity contribution in [2.45, 2.75) is 18.9 Å². The average molecular weight is 232 g/mol. The zero-order chi connectivity index (χ0) is 12.3. The zero-order valence-corrected chi connectivity index (χ0v) is 9.61. The molecule has 1 aliphatic carbocycles. The summed E-state index contributed by atoms with van der Waals surface area (Å²) in [6.45, 7) is 3.96. The minimum absolute atomic E-state index is 0.0746. The van der Waals surface area contributed by atoms with Crippen LogP contribution in [0.4, 0.5) is 5.69 Å². The maximum Gasteiger partial charge on any atom is 0.251 e. The molecule has 0 aromatic heterocycles. The molecule has 17 heavy (non-hydrogen) atoms. The Bertz CT molecular complexity index is 439. The molecule has 0 aliphatic heterocycles. The van der Waals surface area contributed by atoms with E-state index in [4.69, 9.17) is 10.5 Å². The van der Waals surface area contributed by atoms with Gasteiger partial charge in [-0.05, 0) is 31.0 Å². The molecule has 0 heterocycles. The third-order valence-electron chi connectivity index (χ3n) is 2.54. The highest BCUT2D eigenvalue weighted by molar-refractivity contribution is 5.95. The van der Waals surface area contributed by atoms with Crippen molar-refractivity contribution in [3.05, 3.63) is 36.4 Å². The van der Waals surface area contributed by atoms with Gasteiger partial charge in [-0.1, -0.05) is 12.7 Å². The maximum atomic E-state index is 11.7. The van der Waals surface area contributed by atoms with E-state index < -0.39 is 0 Å². The fourth-order valence-electron chi connectivity index (χ4n) is 1.47. The summed E-state index contributed by atoms with van der Waals surface area (Å²) in [7, 11) is 0. The van der Waals surface area contributed by atoms with Gasteiger partial charge in [-0.3, -0.25) is 4.79 Å². The molecule has 0 radical (unpaired) electrons. The van der Waals surface area contributed by atoms with E-state index in [1.807, 2.05) is 0 Å². The minimum Gasteiger partial charge on any atom is -0.487 e. The smallest absolute Gasteiger partial charge is 0.251 e. The molecule has 1 aliphatic rings. The highest BCUT2D eigenvalue weighted by atomic mass is 16.5. The molecule has 0 saturated heterocycles. The standard InChI is InChI=1S/C13H16N2O2/c1-2-7-17-12-6-3-9(8-11(12)14)13(16)15-10-4-5-10/h2-3,6,8,10H,1,4-5,7,14H2,(H,15,16). The van der Waals surface area contributed by atoms with Gasteiger partial charge in [0.1, 0.15) is 12.4 Å². The largest absolute Gasteiger partial charge is 0.487 e. The average Bonchev–Trinajstić information content (AvgIpc) is 3.11. The van der Waals surface area contributed by atoms with Crippen molar-refractivity contribution in [1.29, 1.82) is 0 Å². The minimum atomic E-state index is -0.0746. The lowest BCUT2D eigenvalue weighted by atomic mass is 10.1. The van der Waals surface area contributed by atoms with Gasteiger partial charge in [-0.2, -0.15) is 0 Å². The molecule has 1 aromatic rings.